The van der Waals surface area contributed by atoms with Crippen molar-refractivity contribution in [2.45, 2.75) is 24.8 Å². The average molecular weight is 334 g/mol. The summed E-state index contributed by atoms with van der Waals surface area (Å²) in [5.41, 5.74) is 0.914. The second-order valence-electron chi connectivity index (χ2n) is 4.46. The summed E-state index contributed by atoms with van der Waals surface area (Å²) in [6.07, 6.45) is -0.0509. The van der Waals surface area contributed by atoms with Gasteiger partial charge in [-0.2, -0.15) is 4.31 Å². The third kappa shape index (κ3) is 2.77. The number of hydrogen-bond acceptors (Lipinski definition) is 3. The number of morpholine rings is 1. The Hall–Kier alpha value is -0.430. The van der Waals surface area contributed by atoms with Gasteiger partial charge in [-0.25, -0.2) is 8.42 Å². The molecule has 0 N–H and O–H groups in total. The summed E-state index contributed by atoms with van der Waals surface area (Å²) in [5.74, 6) is 0. The van der Waals surface area contributed by atoms with Crippen LogP contribution in [-0.4, -0.2) is 38.5 Å². The van der Waals surface area contributed by atoms with E-state index in [-0.39, 0.29) is 6.10 Å². The van der Waals surface area contributed by atoms with Crippen LogP contribution in [0.15, 0.2) is 27.6 Å². The molecule has 0 radical (unpaired) electrons. The summed E-state index contributed by atoms with van der Waals surface area (Å²) < 4.78 is 32.7. The number of rotatable bonds is 2. The number of sulfonamides is 1. The highest BCUT2D eigenvalue weighted by Gasteiger charge is 2.29. The molecule has 0 bridgehead atoms. The van der Waals surface area contributed by atoms with Gasteiger partial charge in [-0.15, -0.1) is 0 Å². The molecule has 1 atom stereocenters. The molecule has 1 fully saturated rings. The Bertz CT molecular complexity index is 544. The van der Waals surface area contributed by atoms with Crippen LogP contribution in [0.3, 0.4) is 0 Å². The van der Waals surface area contributed by atoms with Gasteiger partial charge in [0.05, 0.1) is 17.6 Å². The molecule has 0 unspecified atom stereocenters. The van der Waals surface area contributed by atoms with Crippen molar-refractivity contribution in [1.82, 2.24) is 4.31 Å². The van der Waals surface area contributed by atoms with Crippen LogP contribution in [0.25, 0.3) is 0 Å². The second kappa shape index (κ2) is 5.28. The lowest BCUT2D eigenvalue weighted by Gasteiger charge is -2.30. The van der Waals surface area contributed by atoms with Gasteiger partial charge in [0, 0.05) is 17.6 Å². The smallest absolute Gasteiger partial charge is 0.243 e. The molecule has 0 aliphatic carbocycles. The van der Waals surface area contributed by atoms with E-state index in [1.165, 1.54) is 4.31 Å². The van der Waals surface area contributed by atoms with Crippen molar-refractivity contribution < 1.29 is 13.2 Å². The SMILES string of the molecule is Cc1cc(S(=O)(=O)N2CCO[C@H](C)C2)ccc1Br. The van der Waals surface area contributed by atoms with Crippen LogP contribution in [0, 0.1) is 6.92 Å². The van der Waals surface area contributed by atoms with Gasteiger partial charge in [-0.1, -0.05) is 15.9 Å². The van der Waals surface area contributed by atoms with E-state index in [1.54, 1.807) is 18.2 Å². The summed E-state index contributed by atoms with van der Waals surface area (Å²) in [6.45, 7) is 5.05. The van der Waals surface area contributed by atoms with Crippen LogP contribution in [-0.2, 0) is 14.8 Å². The summed E-state index contributed by atoms with van der Waals surface area (Å²) in [6, 6.07) is 5.10. The van der Waals surface area contributed by atoms with Crippen molar-refractivity contribution in [3.8, 4) is 0 Å². The maximum atomic E-state index is 12.5. The third-order valence-electron chi connectivity index (χ3n) is 2.97. The van der Waals surface area contributed by atoms with E-state index in [0.717, 1.165) is 10.0 Å². The van der Waals surface area contributed by atoms with Crippen molar-refractivity contribution in [2.24, 2.45) is 0 Å². The molecule has 1 aliphatic heterocycles. The van der Waals surface area contributed by atoms with Gasteiger partial charge in [0.1, 0.15) is 0 Å². The van der Waals surface area contributed by atoms with Gasteiger partial charge in [-0.05, 0) is 37.6 Å². The van der Waals surface area contributed by atoms with Crippen molar-refractivity contribution in [3.63, 3.8) is 0 Å². The van der Waals surface area contributed by atoms with E-state index in [0.29, 0.717) is 24.6 Å². The van der Waals surface area contributed by atoms with Crippen LogP contribution < -0.4 is 0 Å². The predicted octanol–water partition coefficient (Wildman–Crippen LogP) is 2.17. The normalized spacial score (nSPS) is 22.1. The number of hydrogen-bond donors (Lipinski definition) is 0. The Morgan fingerprint density at radius 1 is 1.44 bits per heavy atom. The molecule has 2 rings (SSSR count). The summed E-state index contributed by atoms with van der Waals surface area (Å²) in [7, 11) is -3.40. The fourth-order valence-electron chi connectivity index (χ4n) is 1.93. The molecule has 1 heterocycles. The Morgan fingerprint density at radius 3 is 2.78 bits per heavy atom. The molecule has 100 valence electrons. The van der Waals surface area contributed by atoms with Crippen molar-refractivity contribution >= 4 is 26.0 Å². The molecule has 0 saturated carbocycles. The Balaban J connectivity index is 2.32. The Labute approximate surface area is 116 Å². The van der Waals surface area contributed by atoms with Gasteiger partial charge in [0.15, 0.2) is 0 Å². The van der Waals surface area contributed by atoms with Crippen molar-refractivity contribution in [3.05, 3.63) is 28.2 Å². The number of aryl methyl sites for hydroxylation is 1. The lowest BCUT2D eigenvalue weighted by molar-refractivity contribution is 0.0102. The zero-order valence-corrected chi connectivity index (χ0v) is 12.8. The molecule has 6 heteroatoms. The van der Waals surface area contributed by atoms with Gasteiger partial charge < -0.3 is 4.74 Å². The van der Waals surface area contributed by atoms with Crippen LogP contribution in [0.5, 0.6) is 0 Å². The molecular weight excluding hydrogens is 318 g/mol. The fourth-order valence-corrected chi connectivity index (χ4v) is 3.76. The highest BCUT2D eigenvalue weighted by Crippen LogP contribution is 2.23. The monoisotopic (exact) mass is 333 g/mol. The fraction of sp³-hybridized carbons (Fsp3) is 0.500. The molecule has 0 spiro atoms. The standard InChI is InChI=1S/C12H16BrNO3S/c1-9-7-11(3-4-12(9)13)18(15,16)14-5-6-17-10(2)8-14/h3-4,7,10H,5-6,8H2,1-2H3/t10-/m1/s1. The second-order valence-corrected chi connectivity index (χ2v) is 7.25. The first-order valence-electron chi connectivity index (χ1n) is 5.79. The summed E-state index contributed by atoms with van der Waals surface area (Å²) in [5, 5.41) is 0. The largest absolute Gasteiger partial charge is 0.376 e. The first kappa shape index (κ1) is 14.0. The molecule has 1 aliphatic rings. The van der Waals surface area contributed by atoms with E-state index in [2.05, 4.69) is 15.9 Å². The number of nitrogens with zero attached hydrogens (tertiary/aromatic N) is 1. The molecule has 18 heavy (non-hydrogen) atoms. The predicted molar refractivity (Wildman–Crippen MR) is 73.1 cm³/mol. The minimum Gasteiger partial charge on any atom is -0.376 e. The van der Waals surface area contributed by atoms with Crippen LogP contribution in [0.4, 0.5) is 0 Å². The zero-order chi connectivity index (χ0) is 13.3. The van der Waals surface area contributed by atoms with Crippen LogP contribution in [0.1, 0.15) is 12.5 Å². The first-order chi connectivity index (χ1) is 8.41. The number of ether oxygens (including phenoxy) is 1. The van der Waals surface area contributed by atoms with Crippen molar-refractivity contribution in [2.75, 3.05) is 19.7 Å². The van der Waals surface area contributed by atoms with Gasteiger partial charge in [0.25, 0.3) is 0 Å². The highest BCUT2D eigenvalue weighted by molar-refractivity contribution is 9.10. The highest BCUT2D eigenvalue weighted by atomic mass is 79.9. The Morgan fingerprint density at radius 2 is 2.17 bits per heavy atom. The van der Waals surface area contributed by atoms with Crippen molar-refractivity contribution in [1.29, 1.82) is 0 Å². The lowest BCUT2D eigenvalue weighted by Crippen LogP contribution is -2.44. The lowest BCUT2D eigenvalue weighted by atomic mass is 10.2. The van der Waals surface area contributed by atoms with E-state index >= 15 is 0 Å². The molecule has 1 aromatic carbocycles. The zero-order valence-electron chi connectivity index (χ0n) is 10.4. The maximum absolute atomic E-state index is 12.5. The molecular formula is C12H16BrNO3S. The molecule has 1 saturated heterocycles. The van der Waals surface area contributed by atoms with Crippen LogP contribution in [0.2, 0.25) is 0 Å². The first-order valence-corrected chi connectivity index (χ1v) is 8.02. The molecule has 1 aromatic rings. The van der Waals surface area contributed by atoms with Gasteiger partial charge in [0.2, 0.25) is 10.0 Å². The van der Waals surface area contributed by atoms with Crippen LogP contribution >= 0.6 is 15.9 Å². The van der Waals surface area contributed by atoms with Gasteiger partial charge in [-0.3, -0.25) is 0 Å². The number of halogens is 1. The maximum Gasteiger partial charge on any atom is 0.243 e. The molecule has 0 aromatic heterocycles. The van der Waals surface area contributed by atoms with E-state index in [1.807, 2.05) is 13.8 Å². The van der Waals surface area contributed by atoms with E-state index in [4.69, 9.17) is 4.74 Å². The Kier molecular flexibility index (Phi) is 4.11. The minimum atomic E-state index is -3.40. The van der Waals surface area contributed by atoms with E-state index in [9.17, 15) is 8.42 Å². The quantitative estimate of drug-likeness (QED) is 0.833. The van der Waals surface area contributed by atoms with E-state index < -0.39 is 10.0 Å². The molecule has 0 amide bonds. The van der Waals surface area contributed by atoms with Gasteiger partial charge >= 0.3 is 0 Å². The average Bonchev–Trinajstić information content (AvgIpc) is 2.32. The summed E-state index contributed by atoms with van der Waals surface area (Å²) >= 11 is 3.37. The number of benzene rings is 1. The third-order valence-corrected chi connectivity index (χ3v) is 5.72. The topological polar surface area (TPSA) is 46.6 Å². The summed E-state index contributed by atoms with van der Waals surface area (Å²) in [4.78, 5) is 0.345. The minimum absolute atomic E-state index is 0.0509. The molecule has 4 nitrogen and oxygen atoms in total.